The summed E-state index contributed by atoms with van der Waals surface area (Å²) in [4.78, 5) is 2.93. The molecule has 0 aliphatic carbocycles. The zero-order valence-electron chi connectivity index (χ0n) is 7.77. The Morgan fingerprint density at radius 2 is 2.27 bits per heavy atom. The first kappa shape index (κ1) is 10.4. The van der Waals surface area contributed by atoms with Gasteiger partial charge in [0.25, 0.3) is 0 Å². The lowest BCUT2D eigenvalue weighted by atomic mass is 10.2. The van der Waals surface area contributed by atoms with Crippen molar-refractivity contribution in [1.29, 1.82) is 0 Å². The number of nitrogens with zero attached hydrogens (tertiary/aromatic N) is 1. The van der Waals surface area contributed by atoms with Crippen molar-refractivity contribution in [1.82, 2.24) is 9.55 Å². The first-order valence-electron chi connectivity index (χ1n) is 4.38. The van der Waals surface area contributed by atoms with Crippen molar-refractivity contribution in [2.75, 3.05) is 0 Å². The number of aromatic amines is 1. The normalized spacial score (nSPS) is 10.5. The first-order chi connectivity index (χ1) is 7.16. The molecule has 2 rings (SSSR count). The van der Waals surface area contributed by atoms with E-state index in [1.54, 1.807) is 12.3 Å². The van der Waals surface area contributed by atoms with Crippen LogP contribution in [-0.2, 0) is 6.54 Å². The highest BCUT2D eigenvalue weighted by Gasteiger charge is 2.00. The maximum absolute atomic E-state index is 9.34. The van der Waals surface area contributed by atoms with Gasteiger partial charge in [0.05, 0.1) is 4.47 Å². The van der Waals surface area contributed by atoms with Crippen LogP contribution in [0.4, 0.5) is 0 Å². The molecule has 1 aromatic carbocycles. The second-order valence-electron chi connectivity index (χ2n) is 3.18. The number of hydrogen-bond donors (Lipinski definition) is 2. The van der Waals surface area contributed by atoms with Crippen molar-refractivity contribution in [3.63, 3.8) is 0 Å². The fraction of sp³-hybridized carbons (Fsp3) is 0.100. The van der Waals surface area contributed by atoms with Gasteiger partial charge in [-0.05, 0) is 45.8 Å². The molecule has 3 nitrogen and oxygen atoms in total. The molecule has 0 saturated heterocycles. The average molecular weight is 285 g/mol. The number of phenols is 1. The Hall–Kier alpha value is -1.07. The molecule has 0 spiro atoms. The van der Waals surface area contributed by atoms with E-state index in [4.69, 9.17) is 12.2 Å². The molecule has 0 radical (unpaired) electrons. The van der Waals surface area contributed by atoms with Gasteiger partial charge in [-0.25, -0.2) is 0 Å². The van der Waals surface area contributed by atoms with Crippen LogP contribution >= 0.6 is 28.1 Å². The van der Waals surface area contributed by atoms with Crippen LogP contribution in [0.3, 0.4) is 0 Å². The van der Waals surface area contributed by atoms with E-state index in [2.05, 4.69) is 20.9 Å². The predicted molar refractivity (Wildman–Crippen MR) is 64.5 cm³/mol. The molecule has 0 bridgehead atoms. The van der Waals surface area contributed by atoms with Gasteiger partial charge in [-0.3, -0.25) is 0 Å². The van der Waals surface area contributed by atoms with Gasteiger partial charge in [-0.15, -0.1) is 0 Å². The molecule has 0 amide bonds. The summed E-state index contributed by atoms with van der Waals surface area (Å²) in [6.45, 7) is 0.696. The number of aromatic hydroxyl groups is 1. The average Bonchev–Trinajstić information content (AvgIpc) is 2.59. The number of halogens is 1. The van der Waals surface area contributed by atoms with Crippen molar-refractivity contribution in [2.24, 2.45) is 0 Å². The fourth-order valence-electron chi connectivity index (χ4n) is 1.32. The van der Waals surface area contributed by atoms with Crippen LogP contribution in [0.1, 0.15) is 5.56 Å². The first-order valence-corrected chi connectivity index (χ1v) is 5.58. The van der Waals surface area contributed by atoms with Crippen LogP contribution in [0.2, 0.25) is 0 Å². The lowest BCUT2D eigenvalue weighted by molar-refractivity contribution is 0.471. The molecule has 1 heterocycles. The second kappa shape index (κ2) is 4.20. The summed E-state index contributed by atoms with van der Waals surface area (Å²) in [6, 6.07) is 5.41. The van der Waals surface area contributed by atoms with Gasteiger partial charge in [-0.1, -0.05) is 6.07 Å². The fourth-order valence-corrected chi connectivity index (χ4v) is 1.94. The van der Waals surface area contributed by atoms with Gasteiger partial charge in [0.15, 0.2) is 4.77 Å². The van der Waals surface area contributed by atoms with Crippen molar-refractivity contribution in [3.8, 4) is 5.75 Å². The summed E-state index contributed by atoms with van der Waals surface area (Å²) in [5, 5.41) is 9.34. The molecule has 2 N–H and O–H groups in total. The maximum atomic E-state index is 9.34. The highest BCUT2D eigenvalue weighted by molar-refractivity contribution is 9.10. The Bertz CT molecular complexity index is 532. The van der Waals surface area contributed by atoms with E-state index in [9.17, 15) is 5.11 Å². The number of rotatable bonds is 2. The van der Waals surface area contributed by atoms with Crippen LogP contribution in [0.15, 0.2) is 35.1 Å². The van der Waals surface area contributed by atoms with Crippen molar-refractivity contribution >= 4 is 28.1 Å². The summed E-state index contributed by atoms with van der Waals surface area (Å²) >= 11 is 8.36. The van der Waals surface area contributed by atoms with Gasteiger partial charge in [0, 0.05) is 18.9 Å². The Kier molecular flexibility index (Phi) is 2.93. The number of benzene rings is 1. The Morgan fingerprint density at radius 1 is 1.47 bits per heavy atom. The van der Waals surface area contributed by atoms with E-state index in [0.29, 0.717) is 15.8 Å². The minimum atomic E-state index is 0.247. The van der Waals surface area contributed by atoms with Crippen molar-refractivity contribution < 1.29 is 5.11 Å². The molecule has 1 aromatic heterocycles. The van der Waals surface area contributed by atoms with E-state index >= 15 is 0 Å². The third kappa shape index (κ3) is 2.30. The Labute approximate surface area is 101 Å². The monoisotopic (exact) mass is 284 g/mol. The summed E-state index contributed by atoms with van der Waals surface area (Å²) in [7, 11) is 0. The van der Waals surface area contributed by atoms with E-state index < -0.39 is 0 Å². The predicted octanol–water partition coefficient (Wildman–Crippen LogP) is 3.06. The molecule has 15 heavy (non-hydrogen) atoms. The lowest BCUT2D eigenvalue weighted by Crippen LogP contribution is -1.97. The van der Waals surface area contributed by atoms with Crippen LogP contribution in [0, 0.1) is 4.77 Å². The molecule has 0 atom stereocenters. The quantitative estimate of drug-likeness (QED) is 0.833. The maximum Gasteiger partial charge on any atom is 0.177 e. The molecule has 5 heteroatoms. The molecular weight excluding hydrogens is 276 g/mol. The van der Waals surface area contributed by atoms with E-state index in [0.717, 1.165) is 5.56 Å². The third-order valence-corrected chi connectivity index (χ3v) is 3.07. The minimum absolute atomic E-state index is 0.247. The molecular formula is C10H9BrN2OS. The number of aromatic nitrogens is 2. The van der Waals surface area contributed by atoms with E-state index in [-0.39, 0.29) is 5.75 Å². The zero-order chi connectivity index (χ0) is 10.8. The number of hydrogen-bond acceptors (Lipinski definition) is 2. The van der Waals surface area contributed by atoms with Gasteiger partial charge < -0.3 is 14.7 Å². The van der Waals surface area contributed by atoms with Crippen LogP contribution in [0.5, 0.6) is 5.75 Å². The Balaban J connectivity index is 2.29. The van der Waals surface area contributed by atoms with Crippen molar-refractivity contribution in [2.45, 2.75) is 6.54 Å². The van der Waals surface area contributed by atoms with E-state index in [1.165, 1.54) is 0 Å². The van der Waals surface area contributed by atoms with Crippen LogP contribution in [0.25, 0.3) is 0 Å². The topological polar surface area (TPSA) is 41.0 Å². The molecule has 0 unspecified atom stereocenters. The standard InChI is InChI=1S/C10H9BrN2OS/c11-8-5-7(1-2-9(8)14)6-13-4-3-12-10(13)15/h1-5,14H,6H2,(H,12,15). The summed E-state index contributed by atoms with van der Waals surface area (Å²) in [6.07, 6.45) is 3.70. The smallest absolute Gasteiger partial charge is 0.177 e. The van der Waals surface area contributed by atoms with Crippen LogP contribution in [-0.4, -0.2) is 14.7 Å². The third-order valence-electron chi connectivity index (χ3n) is 2.09. The van der Waals surface area contributed by atoms with Gasteiger partial charge in [0.2, 0.25) is 0 Å². The van der Waals surface area contributed by atoms with Gasteiger partial charge in [-0.2, -0.15) is 0 Å². The summed E-state index contributed by atoms with van der Waals surface area (Å²) in [5.74, 6) is 0.247. The number of nitrogens with one attached hydrogen (secondary N) is 1. The Morgan fingerprint density at radius 3 is 2.87 bits per heavy atom. The van der Waals surface area contributed by atoms with Gasteiger partial charge >= 0.3 is 0 Å². The highest BCUT2D eigenvalue weighted by Crippen LogP contribution is 2.24. The molecule has 0 fully saturated rings. The SMILES string of the molecule is Oc1ccc(Cn2cc[nH]c2=S)cc1Br. The molecule has 2 aromatic rings. The molecule has 0 aliphatic rings. The second-order valence-corrected chi connectivity index (χ2v) is 4.42. The number of H-pyrrole nitrogens is 1. The molecule has 78 valence electrons. The summed E-state index contributed by atoms with van der Waals surface area (Å²) in [5.41, 5.74) is 1.08. The highest BCUT2D eigenvalue weighted by atomic mass is 79.9. The largest absolute Gasteiger partial charge is 0.507 e. The lowest BCUT2D eigenvalue weighted by Gasteiger charge is -2.04. The number of imidazole rings is 1. The molecule has 0 saturated carbocycles. The van der Waals surface area contributed by atoms with Gasteiger partial charge in [0.1, 0.15) is 5.75 Å². The molecule has 0 aliphatic heterocycles. The van der Waals surface area contributed by atoms with Crippen molar-refractivity contribution in [3.05, 3.63) is 45.4 Å². The minimum Gasteiger partial charge on any atom is -0.507 e. The van der Waals surface area contributed by atoms with Crippen LogP contribution < -0.4 is 0 Å². The van der Waals surface area contributed by atoms with E-state index in [1.807, 2.05) is 22.9 Å². The summed E-state index contributed by atoms with van der Waals surface area (Å²) < 4.78 is 3.31. The number of phenolic OH excluding ortho intramolecular Hbond substituents is 1. The zero-order valence-corrected chi connectivity index (χ0v) is 10.2.